The number of hydrogen-bond donors (Lipinski definition) is 0. The second-order valence-corrected chi connectivity index (χ2v) is 13.5. The minimum atomic E-state index is -1.44. The lowest BCUT2D eigenvalue weighted by molar-refractivity contribution is 0.0265. The molecule has 0 aromatic carbocycles. The molecule has 0 aliphatic rings. The van der Waals surface area contributed by atoms with Gasteiger partial charge in [0.05, 0.1) is 13.3 Å². The van der Waals surface area contributed by atoms with E-state index < -0.39 is 8.07 Å². The molecule has 1 atom stereocenters. The monoisotopic (exact) mass is 258 g/mol. The highest BCUT2D eigenvalue weighted by Gasteiger charge is 2.48. The molecule has 1 nitrogen and oxygen atoms in total. The second kappa shape index (κ2) is 5.88. The van der Waals surface area contributed by atoms with Crippen LogP contribution in [0.2, 0.25) is 18.1 Å². The fourth-order valence-electron chi connectivity index (χ4n) is 1.80. The highest BCUT2D eigenvalue weighted by Crippen LogP contribution is 2.44. The van der Waals surface area contributed by atoms with Crippen molar-refractivity contribution in [1.29, 1.82) is 0 Å². The van der Waals surface area contributed by atoms with E-state index in [0.717, 1.165) is 12.5 Å². The Morgan fingerprint density at radius 2 is 1.53 bits per heavy atom. The first kappa shape index (κ1) is 17.2. The fourth-order valence-corrected chi connectivity index (χ4v) is 4.07. The zero-order valence-corrected chi connectivity index (χ0v) is 14.6. The molecule has 0 rings (SSSR count). The summed E-state index contributed by atoms with van der Waals surface area (Å²) in [5, 5.41) is 0.436. The van der Waals surface area contributed by atoms with E-state index in [-0.39, 0.29) is 5.22 Å². The average molecular weight is 259 g/mol. The van der Waals surface area contributed by atoms with E-state index in [1.807, 2.05) is 0 Å². The standard InChI is InChI=1S/C15H34OSi/c1-10-13(2)11-12-16-15(6,7)17(8,9)14(3,4)5/h13H,10-12H2,1-9H3. The molecule has 0 radical (unpaired) electrons. The highest BCUT2D eigenvalue weighted by atomic mass is 28.3. The van der Waals surface area contributed by atoms with Gasteiger partial charge in [-0.2, -0.15) is 0 Å². The van der Waals surface area contributed by atoms with Crippen LogP contribution in [0.5, 0.6) is 0 Å². The molecular formula is C15H34OSi. The van der Waals surface area contributed by atoms with Crippen molar-refractivity contribution in [1.82, 2.24) is 0 Å². The van der Waals surface area contributed by atoms with Gasteiger partial charge in [0.15, 0.2) is 0 Å². The minimum absolute atomic E-state index is 0.0543. The topological polar surface area (TPSA) is 9.23 Å². The largest absolute Gasteiger partial charge is 0.379 e. The molecule has 2 heteroatoms. The summed E-state index contributed by atoms with van der Waals surface area (Å²) in [6.45, 7) is 22.0. The van der Waals surface area contributed by atoms with Gasteiger partial charge in [0, 0.05) is 6.61 Å². The average Bonchev–Trinajstić information content (AvgIpc) is 2.15. The van der Waals surface area contributed by atoms with Crippen LogP contribution < -0.4 is 0 Å². The van der Waals surface area contributed by atoms with Crippen molar-refractivity contribution in [2.24, 2.45) is 5.92 Å². The maximum atomic E-state index is 6.25. The Morgan fingerprint density at radius 1 is 1.06 bits per heavy atom. The van der Waals surface area contributed by atoms with Gasteiger partial charge in [-0.05, 0) is 31.2 Å². The molecule has 0 aromatic heterocycles. The van der Waals surface area contributed by atoms with Gasteiger partial charge in [0.25, 0.3) is 0 Å². The van der Waals surface area contributed by atoms with E-state index in [1.54, 1.807) is 0 Å². The van der Waals surface area contributed by atoms with Crippen LogP contribution in [-0.2, 0) is 4.74 Å². The lowest BCUT2D eigenvalue weighted by atomic mass is 10.1. The molecule has 0 saturated carbocycles. The molecular weight excluding hydrogens is 224 g/mol. The van der Waals surface area contributed by atoms with Crippen molar-refractivity contribution in [2.75, 3.05) is 6.61 Å². The van der Waals surface area contributed by atoms with E-state index >= 15 is 0 Å². The Balaban J connectivity index is 4.47. The summed E-state index contributed by atoms with van der Waals surface area (Å²) in [5.41, 5.74) is 0. The third-order valence-electron chi connectivity index (χ3n) is 5.15. The smallest absolute Gasteiger partial charge is 0.0900 e. The van der Waals surface area contributed by atoms with Crippen LogP contribution in [0.15, 0.2) is 0 Å². The van der Waals surface area contributed by atoms with Crippen molar-refractivity contribution >= 4 is 8.07 Å². The van der Waals surface area contributed by atoms with Gasteiger partial charge in [-0.3, -0.25) is 0 Å². The summed E-state index contributed by atoms with van der Waals surface area (Å²) in [4.78, 5) is 0. The molecule has 0 fully saturated rings. The molecule has 0 N–H and O–H groups in total. The van der Waals surface area contributed by atoms with Crippen molar-refractivity contribution in [3.63, 3.8) is 0 Å². The highest BCUT2D eigenvalue weighted by molar-refractivity contribution is 6.82. The van der Waals surface area contributed by atoms with E-state index in [2.05, 4.69) is 61.6 Å². The number of ether oxygens (including phenoxy) is 1. The molecule has 17 heavy (non-hydrogen) atoms. The number of hydrogen-bond acceptors (Lipinski definition) is 1. The van der Waals surface area contributed by atoms with Crippen LogP contribution in [0.1, 0.15) is 61.3 Å². The first-order chi connectivity index (χ1) is 7.45. The molecule has 0 amide bonds. The molecule has 0 aliphatic carbocycles. The van der Waals surface area contributed by atoms with Gasteiger partial charge >= 0.3 is 0 Å². The van der Waals surface area contributed by atoms with Crippen molar-refractivity contribution in [3.8, 4) is 0 Å². The third kappa shape index (κ3) is 4.40. The summed E-state index contributed by atoms with van der Waals surface area (Å²) in [6, 6.07) is 0. The van der Waals surface area contributed by atoms with E-state index in [9.17, 15) is 0 Å². The van der Waals surface area contributed by atoms with Gasteiger partial charge in [0.2, 0.25) is 0 Å². The van der Waals surface area contributed by atoms with E-state index in [1.165, 1.54) is 12.8 Å². The van der Waals surface area contributed by atoms with Gasteiger partial charge in [-0.25, -0.2) is 0 Å². The molecule has 0 aliphatic heterocycles. The normalized spacial score (nSPS) is 16.1. The van der Waals surface area contributed by atoms with Crippen LogP contribution in [0.3, 0.4) is 0 Å². The first-order valence-electron chi connectivity index (χ1n) is 7.09. The summed E-state index contributed by atoms with van der Waals surface area (Å²) in [7, 11) is -1.44. The van der Waals surface area contributed by atoms with E-state index in [0.29, 0.717) is 5.04 Å². The number of rotatable bonds is 6. The Kier molecular flexibility index (Phi) is 5.94. The van der Waals surface area contributed by atoms with Gasteiger partial charge in [-0.1, -0.05) is 54.1 Å². The fraction of sp³-hybridized carbons (Fsp3) is 1.00. The summed E-state index contributed by atoms with van der Waals surface area (Å²) >= 11 is 0. The minimum Gasteiger partial charge on any atom is -0.379 e. The quantitative estimate of drug-likeness (QED) is 0.590. The van der Waals surface area contributed by atoms with Crippen LogP contribution in [0, 0.1) is 5.92 Å². The molecule has 0 aromatic rings. The predicted octanol–water partition coefficient (Wildman–Crippen LogP) is 5.27. The van der Waals surface area contributed by atoms with Crippen molar-refractivity contribution in [2.45, 2.75) is 84.7 Å². The zero-order valence-electron chi connectivity index (χ0n) is 13.6. The third-order valence-corrected chi connectivity index (χ3v) is 12.1. The molecule has 0 spiro atoms. The predicted molar refractivity (Wildman–Crippen MR) is 81.3 cm³/mol. The van der Waals surface area contributed by atoms with Gasteiger partial charge in [-0.15, -0.1) is 0 Å². The Bertz CT molecular complexity index is 226. The molecule has 1 unspecified atom stereocenters. The molecule has 104 valence electrons. The van der Waals surface area contributed by atoms with Crippen LogP contribution in [0.4, 0.5) is 0 Å². The van der Waals surface area contributed by atoms with Crippen LogP contribution in [0.25, 0.3) is 0 Å². The van der Waals surface area contributed by atoms with Crippen LogP contribution in [-0.4, -0.2) is 19.9 Å². The Morgan fingerprint density at radius 3 is 1.88 bits per heavy atom. The van der Waals surface area contributed by atoms with Gasteiger partial charge in [0.1, 0.15) is 0 Å². The SMILES string of the molecule is CCC(C)CCOC(C)(C)[Si](C)(C)C(C)(C)C. The first-order valence-corrected chi connectivity index (χ1v) is 10.1. The Labute approximate surface area is 110 Å². The van der Waals surface area contributed by atoms with Crippen molar-refractivity contribution < 1.29 is 4.74 Å². The lowest BCUT2D eigenvalue weighted by Crippen LogP contribution is -2.57. The molecule has 0 heterocycles. The Hall–Kier alpha value is 0.177. The summed E-state index contributed by atoms with van der Waals surface area (Å²) < 4.78 is 6.25. The maximum Gasteiger partial charge on any atom is 0.0900 e. The van der Waals surface area contributed by atoms with E-state index in [4.69, 9.17) is 4.74 Å². The molecule has 0 bridgehead atoms. The second-order valence-electron chi connectivity index (χ2n) is 7.54. The molecule has 0 saturated heterocycles. The summed E-state index contributed by atoms with van der Waals surface area (Å²) in [6.07, 6.45) is 2.44. The zero-order chi connectivity index (χ0) is 13.9. The lowest BCUT2D eigenvalue weighted by Gasteiger charge is -2.48. The van der Waals surface area contributed by atoms with Crippen LogP contribution >= 0.6 is 0 Å². The van der Waals surface area contributed by atoms with Crippen molar-refractivity contribution in [3.05, 3.63) is 0 Å². The maximum absolute atomic E-state index is 6.25. The summed E-state index contributed by atoms with van der Waals surface area (Å²) in [5.74, 6) is 0.783. The van der Waals surface area contributed by atoms with Gasteiger partial charge < -0.3 is 4.74 Å².